The minimum absolute atomic E-state index is 0.0595. The highest BCUT2D eigenvalue weighted by Crippen LogP contribution is 2.45. The van der Waals surface area contributed by atoms with Crippen molar-refractivity contribution in [3.05, 3.63) is 0 Å². The minimum atomic E-state index is -0.970. The molecule has 0 spiro atoms. The number of methoxy groups -OCH3 is 1. The lowest BCUT2D eigenvalue weighted by molar-refractivity contribution is -0.157. The molecule has 17 heavy (non-hydrogen) atoms. The Kier molecular flexibility index (Phi) is 4.51. The molecule has 5 heteroatoms. The summed E-state index contributed by atoms with van der Waals surface area (Å²) in [5.74, 6) is -1.03. The van der Waals surface area contributed by atoms with Crippen LogP contribution in [0.5, 0.6) is 0 Å². The van der Waals surface area contributed by atoms with Crippen LogP contribution in [0, 0.1) is 5.41 Å². The molecule has 0 saturated heterocycles. The van der Waals surface area contributed by atoms with E-state index >= 15 is 0 Å². The predicted molar refractivity (Wildman–Crippen MR) is 62.6 cm³/mol. The maximum atomic E-state index is 12.3. The number of carboxylic acid groups (broad SMARTS) is 1. The topological polar surface area (TPSA) is 66.8 Å². The Morgan fingerprint density at radius 2 is 2.06 bits per heavy atom. The fourth-order valence-corrected chi connectivity index (χ4v) is 2.19. The molecule has 1 amide bonds. The number of likely N-dealkylation sites (N-methyl/N-ethyl adjacent to an activating group) is 1. The lowest BCUT2D eigenvalue weighted by Crippen LogP contribution is -2.51. The summed E-state index contributed by atoms with van der Waals surface area (Å²) in [6.07, 6.45) is 3.39. The number of hydrogen-bond acceptors (Lipinski definition) is 3. The summed E-state index contributed by atoms with van der Waals surface area (Å²) in [6.45, 7) is 2.07. The molecule has 0 aromatic heterocycles. The van der Waals surface area contributed by atoms with E-state index < -0.39 is 12.0 Å². The molecule has 1 N–H and O–H groups in total. The molecule has 1 atom stereocenters. The van der Waals surface area contributed by atoms with Crippen molar-refractivity contribution in [3.63, 3.8) is 0 Å². The summed E-state index contributed by atoms with van der Waals surface area (Å²) in [5.41, 5.74) is -0.380. The van der Waals surface area contributed by atoms with Crippen molar-refractivity contribution >= 4 is 11.9 Å². The Bertz CT molecular complexity index is 299. The molecule has 0 heterocycles. The molecule has 1 rings (SSSR count). The van der Waals surface area contributed by atoms with E-state index in [4.69, 9.17) is 9.84 Å². The zero-order chi connectivity index (χ0) is 13.1. The number of aliphatic carboxylic acids is 1. The van der Waals surface area contributed by atoms with Crippen LogP contribution in [-0.2, 0) is 14.3 Å². The molecule has 0 aliphatic heterocycles. The maximum Gasteiger partial charge on any atom is 0.326 e. The molecular formula is C12H21NO4. The van der Waals surface area contributed by atoms with E-state index in [1.54, 1.807) is 14.2 Å². The zero-order valence-electron chi connectivity index (χ0n) is 10.7. The number of amides is 1. The fourth-order valence-electron chi connectivity index (χ4n) is 2.19. The SMILES string of the molecule is COCCC1(C(=O)N(C)C(C)C(=O)O)CCC1. The standard InChI is InChI=1S/C12H21NO4/c1-9(10(14)15)13(2)11(16)12(5-4-6-12)7-8-17-3/h9H,4-8H2,1-3H3,(H,14,15). The third-order valence-corrected chi connectivity index (χ3v) is 3.81. The predicted octanol–water partition coefficient (Wildman–Crippen LogP) is 1.12. The van der Waals surface area contributed by atoms with Crippen LogP contribution in [0.4, 0.5) is 0 Å². The summed E-state index contributed by atoms with van der Waals surface area (Å²) >= 11 is 0. The number of carbonyl (C=O) groups excluding carboxylic acids is 1. The first-order valence-electron chi connectivity index (χ1n) is 5.93. The van der Waals surface area contributed by atoms with Crippen molar-refractivity contribution in [2.24, 2.45) is 5.41 Å². The van der Waals surface area contributed by atoms with Crippen LogP contribution in [-0.4, -0.2) is 48.7 Å². The second-order valence-corrected chi connectivity index (χ2v) is 4.81. The van der Waals surface area contributed by atoms with Gasteiger partial charge in [0.25, 0.3) is 0 Å². The molecule has 0 aromatic rings. The Hall–Kier alpha value is -1.10. The second kappa shape index (κ2) is 5.49. The molecule has 0 bridgehead atoms. The van der Waals surface area contributed by atoms with Crippen molar-refractivity contribution in [2.75, 3.05) is 20.8 Å². The van der Waals surface area contributed by atoms with E-state index in [1.807, 2.05) is 0 Å². The lowest BCUT2D eigenvalue weighted by Gasteiger charge is -2.43. The van der Waals surface area contributed by atoms with Gasteiger partial charge in [-0.05, 0) is 26.2 Å². The van der Waals surface area contributed by atoms with Crippen LogP contribution in [0.2, 0.25) is 0 Å². The van der Waals surface area contributed by atoms with Crippen molar-refractivity contribution in [2.45, 2.75) is 38.6 Å². The van der Waals surface area contributed by atoms with Crippen LogP contribution in [0.1, 0.15) is 32.6 Å². The normalized spacial score (nSPS) is 19.2. The fraction of sp³-hybridized carbons (Fsp3) is 0.833. The van der Waals surface area contributed by atoms with Gasteiger partial charge in [-0.15, -0.1) is 0 Å². The molecule has 98 valence electrons. The summed E-state index contributed by atoms with van der Waals surface area (Å²) < 4.78 is 5.02. The van der Waals surface area contributed by atoms with E-state index in [0.29, 0.717) is 13.0 Å². The van der Waals surface area contributed by atoms with Gasteiger partial charge in [0.15, 0.2) is 0 Å². The maximum absolute atomic E-state index is 12.3. The molecule has 5 nitrogen and oxygen atoms in total. The average molecular weight is 243 g/mol. The van der Waals surface area contributed by atoms with Gasteiger partial charge in [0.2, 0.25) is 5.91 Å². The first-order valence-corrected chi connectivity index (χ1v) is 5.93. The lowest BCUT2D eigenvalue weighted by atomic mass is 9.65. The zero-order valence-corrected chi connectivity index (χ0v) is 10.7. The number of ether oxygens (including phenoxy) is 1. The highest BCUT2D eigenvalue weighted by Gasteiger charge is 2.46. The summed E-state index contributed by atoms with van der Waals surface area (Å²) in [6, 6.07) is -0.775. The molecule has 1 unspecified atom stereocenters. The highest BCUT2D eigenvalue weighted by molar-refractivity contribution is 5.87. The Labute approximate surface area is 102 Å². The number of nitrogens with zero attached hydrogens (tertiary/aromatic N) is 1. The van der Waals surface area contributed by atoms with Crippen LogP contribution >= 0.6 is 0 Å². The van der Waals surface area contributed by atoms with Gasteiger partial charge < -0.3 is 14.7 Å². The molecule has 1 aliphatic rings. The largest absolute Gasteiger partial charge is 0.480 e. The van der Waals surface area contributed by atoms with Gasteiger partial charge in [0.1, 0.15) is 6.04 Å². The van der Waals surface area contributed by atoms with Crippen LogP contribution < -0.4 is 0 Å². The molecular weight excluding hydrogens is 222 g/mol. The smallest absolute Gasteiger partial charge is 0.326 e. The number of hydrogen-bond donors (Lipinski definition) is 1. The van der Waals surface area contributed by atoms with Gasteiger partial charge in [0.05, 0.1) is 5.41 Å². The van der Waals surface area contributed by atoms with Crippen LogP contribution in [0.15, 0.2) is 0 Å². The van der Waals surface area contributed by atoms with Crippen molar-refractivity contribution < 1.29 is 19.4 Å². The number of carboxylic acids is 1. The van der Waals surface area contributed by atoms with E-state index in [9.17, 15) is 9.59 Å². The van der Waals surface area contributed by atoms with Gasteiger partial charge in [-0.1, -0.05) is 6.42 Å². The summed E-state index contributed by atoms with van der Waals surface area (Å²) in [7, 11) is 3.18. The van der Waals surface area contributed by atoms with E-state index in [2.05, 4.69) is 0 Å². The first kappa shape index (κ1) is 14.0. The Morgan fingerprint density at radius 3 is 2.41 bits per heavy atom. The summed E-state index contributed by atoms with van der Waals surface area (Å²) in [4.78, 5) is 24.5. The number of carbonyl (C=O) groups is 2. The van der Waals surface area contributed by atoms with Gasteiger partial charge in [0, 0.05) is 20.8 Å². The van der Waals surface area contributed by atoms with Gasteiger partial charge in [-0.3, -0.25) is 4.79 Å². The second-order valence-electron chi connectivity index (χ2n) is 4.81. The monoisotopic (exact) mass is 243 g/mol. The summed E-state index contributed by atoms with van der Waals surface area (Å²) in [5, 5.41) is 8.92. The quantitative estimate of drug-likeness (QED) is 0.759. The van der Waals surface area contributed by atoms with Crippen molar-refractivity contribution in [1.29, 1.82) is 0 Å². The van der Waals surface area contributed by atoms with E-state index in [-0.39, 0.29) is 11.3 Å². The molecule has 1 aliphatic carbocycles. The molecule has 0 radical (unpaired) electrons. The van der Waals surface area contributed by atoms with E-state index in [1.165, 1.54) is 11.8 Å². The number of rotatable bonds is 6. The third-order valence-electron chi connectivity index (χ3n) is 3.81. The van der Waals surface area contributed by atoms with Gasteiger partial charge in [-0.2, -0.15) is 0 Å². The first-order chi connectivity index (χ1) is 7.94. The highest BCUT2D eigenvalue weighted by atomic mass is 16.5. The van der Waals surface area contributed by atoms with Gasteiger partial charge in [-0.25, -0.2) is 4.79 Å². The molecule has 1 fully saturated rings. The van der Waals surface area contributed by atoms with Crippen molar-refractivity contribution in [3.8, 4) is 0 Å². The van der Waals surface area contributed by atoms with E-state index in [0.717, 1.165) is 19.3 Å². The average Bonchev–Trinajstić information content (AvgIpc) is 2.25. The van der Waals surface area contributed by atoms with Gasteiger partial charge >= 0.3 is 5.97 Å². The minimum Gasteiger partial charge on any atom is -0.480 e. The third kappa shape index (κ3) is 2.77. The molecule has 0 aromatic carbocycles. The molecule has 1 saturated carbocycles. The van der Waals surface area contributed by atoms with Crippen LogP contribution in [0.3, 0.4) is 0 Å². The Morgan fingerprint density at radius 1 is 1.47 bits per heavy atom. The Balaban J connectivity index is 2.69. The van der Waals surface area contributed by atoms with Crippen LogP contribution in [0.25, 0.3) is 0 Å². The van der Waals surface area contributed by atoms with Crippen molar-refractivity contribution in [1.82, 2.24) is 4.90 Å².